The van der Waals surface area contributed by atoms with Crippen LogP contribution in [0.4, 0.5) is 0 Å². The topological polar surface area (TPSA) is 83.6 Å². The Balaban J connectivity index is 0.00000182. The monoisotopic (exact) mass is 418 g/mol. The minimum absolute atomic E-state index is 0. The first-order valence-corrected chi connectivity index (χ1v) is 8.93. The Labute approximate surface area is 172 Å². The van der Waals surface area contributed by atoms with Crippen molar-refractivity contribution in [2.75, 3.05) is 26.2 Å². The number of ether oxygens (including phenoxy) is 1. The molecule has 2 fully saturated rings. The fraction of sp³-hybridized carbons (Fsp3) is 0.611. The summed E-state index contributed by atoms with van der Waals surface area (Å²) in [6, 6.07) is 4.59. The minimum Gasteiger partial charge on any atom is -0.476 e. The maximum absolute atomic E-state index is 12.0. The van der Waals surface area contributed by atoms with Crippen LogP contribution in [0.3, 0.4) is 0 Å². The molecule has 1 aromatic rings. The summed E-state index contributed by atoms with van der Waals surface area (Å²) in [5.74, 6) is -0.225. The van der Waals surface area contributed by atoms with Crippen molar-refractivity contribution >= 4 is 36.6 Å². The Bertz CT molecular complexity index is 637. The first kappa shape index (κ1) is 23.6. The van der Waals surface area contributed by atoms with Crippen molar-refractivity contribution in [2.45, 2.75) is 44.7 Å². The van der Waals surface area contributed by atoms with Gasteiger partial charge in [0.15, 0.2) is 0 Å². The molecule has 1 unspecified atom stereocenters. The molecule has 27 heavy (non-hydrogen) atoms. The molecule has 2 aliphatic rings. The van der Waals surface area contributed by atoms with Crippen LogP contribution < -0.4 is 15.4 Å². The highest BCUT2D eigenvalue weighted by Gasteiger charge is 2.28. The van der Waals surface area contributed by atoms with Gasteiger partial charge < -0.3 is 10.1 Å². The number of carbonyl (C=O) groups excluding carboxylic acids is 2. The predicted molar refractivity (Wildman–Crippen MR) is 108 cm³/mol. The molecule has 2 amide bonds. The molecule has 3 heterocycles. The number of nitrogens with zero attached hydrogens (tertiary/aromatic N) is 2. The number of hydrogen-bond acceptors (Lipinski definition) is 6. The van der Waals surface area contributed by atoms with E-state index in [1.807, 2.05) is 12.1 Å². The normalized spacial score (nSPS) is 25.8. The molecule has 7 nitrogen and oxygen atoms in total. The van der Waals surface area contributed by atoms with E-state index in [0.29, 0.717) is 37.4 Å². The lowest BCUT2D eigenvalue weighted by atomic mass is 9.91. The number of nitrogens with one attached hydrogen (secondary N) is 2. The molecule has 0 aliphatic carbocycles. The van der Waals surface area contributed by atoms with Crippen LogP contribution in [-0.4, -0.2) is 60.0 Å². The minimum atomic E-state index is -0.309. The lowest BCUT2D eigenvalue weighted by molar-refractivity contribution is -0.134. The maximum Gasteiger partial charge on any atom is 0.234 e. The average Bonchev–Trinajstić information content (AvgIpc) is 2.58. The highest BCUT2D eigenvalue weighted by Crippen LogP contribution is 2.26. The van der Waals surface area contributed by atoms with Crippen LogP contribution in [0.15, 0.2) is 18.3 Å². The fourth-order valence-corrected chi connectivity index (χ4v) is 3.60. The summed E-state index contributed by atoms with van der Waals surface area (Å²) in [5, 5.41) is 5.81. The van der Waals surface area contributed by atoms with Gasteiger partial charge in [0.1, 0.15) is 6.61 Å². The number of piperidine rings is 1. The summed E-state index contributed by atoms with van der Waals surface area (Å²) in [6.07, 6.45) is 2.56. The van der Waals surface area contributed by atoms with Crippen molar-refractivity contribution in [1.82, 2.24) is 20.5 Å². The van der Waals surface area contributed by atoms with Gasteiger partial charge in [0.25, 0.3) is 0 Å². The molecule has 3 atom stereocenters. The number of hydrogen-bond donors (Lipinski definition) is 2. The quantitative estimate of drug-likeness (QED) is 0.704. The molecule has 2 aliphatic heterocycles. The molecule has 2 saturated heterocycles. The van der Waals surface area contributed by atoms with E-state index in [2.05, 4.69) is 34.4 Å². The molecular formula is C18H28Cl2N4O3. The van der Waals surface area contributed by atoms with Gasteiger partial charge in [0.2, 0.25) is 17.7 Å². The zero-order valence-electron chi connectivity index (χ0n) is 15.6. The van der Waals surface area contributed by atoms with Gasteiger partial charge in [-0.1, -0.05) is 0 Å². The van der Waals surface area contributed by atoms with Gasteiger partial charge >= 0.3 is 0 Å². The number of rotatable bonds is 5. The van der Waals surface area contributed by atoms with Crippen molar-refractivity contribution in [3.8, 4) is 5.88 Å². The van der Waals surface area contributed by atoms with Crippen molar-refractivity contribution in [3.05, 3.63) is 23.9 Å². The number of imide groups is 1. The first-order chi connectivity index (χ1) is 12.0. The third-order valence-electron chi connectivity index (χ3n) is 5.01. The van der Waals surface area contributed by atoms with Crippen LogP contribution in [0.2, 0.25) is 0 Å². The molecule has 0 spiro atoms. The highest BCUT2D eigenvalue weighted by molar-refractivity contribution is 6.00. The summed E-state index contributed by atoms with van der Waals surface area (Å²) in [6.45, 7) is 7.81. The summed E-state index contributed by atoms with van der Waals surface area (Å²) in [7, 11) is 0. The van der Waals surface area contributed by atoms with Gasteiger partial charge in [-0.15, -0.1) is 24.8 Å². The Morgan fingerprint density at radius 3 is 2.59 bits per heavy atom. The Kier molecular flexibility index (Phi) is 9.45. The van der Waals surface area contributed by atoms with Gasteiger partial charge in [-0.05, 0) is 31.9 Å². The third kappa shape index (κ3) is 6.04. The highest BCUT2D eigenvalue weighted by atomic mass is 35.5. The molecule has 152 valence electrons. The summed E-state index contributed by atoms with van der Waals surface area (Å²) < 4.78 is 5.82. The second-order valence-corrected chi connectivity index (χ2v) is 6.87. The van der Waals surface area contributed by atoms with Gasteiger partial charge in [-0.25, -0.2) is 4.98 Å². The molecule has 0 bridgehead atoms. The molecule has 3 rings (SSSR count). The molecule has 9 heteroatoms. The molecule has 0 aromatic carbocycles. The third-order valence-corrected chi connectivity index (χ3v) is 5.01. The molecule has 0 saturated carbocycles. The summed E-state index contributed by atoms with van der Waals surface area (Å²) in [4.78, 5) is 30.0. The Morgan fingerprint density at radius 2 is 1.93 bits per heavy atom. The molecule has 0 radical (unpaired) electrons. The van der Waals surface area contributed by atoms with Crippen LogP contribution in [0.1, 0.15) is 38.2 Å². The number of halogens is 2. The Morgan fingerprint density at radius 1 is 1.22 bits per heavy atom. The maximum atomic E-state index is 12.0. The van der Waals surface area contributed by atoms with Crippen molar-refractivity contribution in [3.63, 3.8) is 0 Å². The molecular weight excluding hydrogens is 391 g/mol. The van der Waals surface area contributed by atoms with Gasteiger partial charge in [-0.2, -0.15) is 0 Å². The summed E-state index contributed by atoms with van der Waals surface area (Å²) in [5.41, 5.74) is 0.846. The molecule has 1 aromatic heterocycles. The predicted octanol–water partition coefficient (Wildman–Crippen LogP) is 1.51. The van der Waals surface area contributed by atoms with Crippen LogP contribution in [0.5, 0.6) is 5.88 Å². The van der Waals surface area contributed by atoms with E-state index >= 15 is 0 Å². The molecule has 2 N–H and O–H groups in total. The van der Waals surface area contributed by atoms with Crippen molar-refractivity contribution in [2.24, 2.45) is 0 Å². The van der Waals surface area contributed by atoms with Crippen LogP contribution in [0.25, 0.3) is 0 Å². The number of piperazine rings is 1. The second-order valence-electron chi connectivity index (χ2n) is 6.87. The number of pyridine rings is 1. The van der Waals surface area contributed by atoms with E-state index in [-0.39, 0.29) is 42.5 Å². The fourth-order valence-electron chi connectivity index (χ4n) is 3.60. The zero-order chi connectivity index (χ0) is 17.8. The van der Waals surface area contributed by atoms with Gasteiger partial charge in [0, 0.05) is 50.4 Å². The van der Waals surface area contributed by atoms with E-state index in [0.717, 1.165) is 25.2 Å². The van der Waals surface area contributed by atoms with Crippen molar-refractivity contribution < 1.29 is 14.3 Å². The van der Waals surface area contributed by atoms with E-state index in [4.69, 9.17) is 4.74 Å². The largest absolute Gasteiger partial charge is 0.476 e. The summed E-state index contributed by atoms with van der Waals surface area (Å²) >= 11 is 0. The Hall–Kier alpha value is -1.41. The van der Waals surface area contributed by atoms with E-state index in [1.54, 1.807) is 6.20 Å². The number of carbonyl (C=O) groups is 2. The van der Waals surface area contributed by atoms with Crippen molar-refractivity contribution in [1.29, 1.82) is 0 Å². The van der Waals surface area contributed by atoms with Gasteiger partial charge in [0.05, 0.1) is 5.92 Å². The smallest absolute Gasteiger partial charge is 0.234 e. The SMILES string of the molecule is C[C@@H]1CNC[C@H](C)N1CCOc1cc(C2CCC(=O)NC2=O)ccn1.Cl.Cl. The average molecular weight is 419 g/mol. The van der Waals surface area contributed by atoms with E-state index in [1.165, 1.54) is 0 Å². The standard InChI is InChI=1S/C18H26N4O3.2ClH/c1-12-10-19-11-13(2)22(12)7-8-25-17-9-14(5-6-20-17)15-3-4-16(23)21-18(15)24;;/h5-6,9,12-13,15,19H,3-4,7-8,10-11H2,1-2H3,(H,21,23,24);2*1H/t12-,13+,15?;;. The lowest BCUT2D eigenvalue weighted by Gasteiger charge is -2.39. The van der Waals surface area contributed by atoms with Crippen LogP contribution in [-0.2, 0) is 9.59 Å². The lowest BCUT2D eigenvalue weighted by Crippen LogP contribution is -2.55. The van der Waals surface area contributed by atoms with E-state index in [9.17, 15) is 9.59 Å². The number of amides is 2. The van der Waals surface area contributed by atoms with Gasteiger partial charge in [-0.3, -0.25) is 19.8 Å². The zero-order valence-corrected chi connectivity index (χ0v) is 17.3. The number of aromatic nitrogens is 1. The second kappa shape index (κ2) is 10.8. The van der Waals surface area contributed by atoms with Crippen LogP contribution in [0, 0.1) is 0 Å². The van der Waals surface area contributed by atoms with E-state index < -0.39 is 0 Å². The van der Waals surface area contributed by atoms with Crippen LogP contribution >= 0.6 is 24.8 Å². The first-order valence-electron chi connectivity index (χ1n) is 8.93.